The van der Waals surface area contributed by atoms with Gasteiger partial charge in [-0.1, -0.05) is 53.2 Å². The Kier molecular flexibility index (Phi) is 5.78. The third-order valence-electron chi connectivity index (χ3n) is 3.85. The van der Waals surface area contributed by atoms with Crippen molar-refractivity contribution in [1.82, 2.24) is 9.55 Å². The van der Waals surface area contributed by atoms with E-state index in [1.54, 1.807) is 41.6 Å². The number of hydrogen-bond donors (Lipinski definition) is 0. The van der Waals surface area contributed by atoms with E-state index in [0.717, 1.165) is 5.75 Å². The standard InChI is InChI=1S/C19H19ClN2O2S/c1-13-4-3-5-14(10-13)12-25-19-21-17-11-15(20)6-7-16(17)18(23)22(19)8-9-24-2/h3-7,10-11H,8-9,12H2,1-2H3. The van der Waals surface area contributed by atoms with Crippen LogP contribution in [0.5, 0.6) is 0 Å². The number of thioether (sulfide) groups is 1. The predicted molar refractivity (Wildman–Crippen MR) is 104 cm³/mol. The third-order valence-corrected chi connectivity index (χ3v) is 5.13. The molecule has 0 aliphatic carbocycles. The lowest BCUT2D eigenvalue weighted by Crippen LogP contribution is -2.25. The van der Waals surface area contributed by atoms with E-state index in [1.165, 1.54) is 11.1 Å². The maximum atomic E-state index is 12.8. The second-order valence-corrected chi connectivity index (χ2v) is 7.16. The van der Waals surface area contributed by atoms with Crippen molar-refractivity contribution >= 4 is 34.3 Å². The summed E-state index contributed by atoms with van der Waals surface area (Å²) >= 11 is 7.61. The van der Waals surface area contributed by atoms with Crippen LogP contribution in [0.25, 0.3) is 10.9 Å². The molecule has 0 saturated carbocycles. The highest BCUT2D eigenvalue weighted by Gasteiger charge is 2.12. The van der Waals surface area contributed by atoms with Crippen molar-refractivity contribution in [2.45, 2.75) is 24.4 Å². The van der Waals surface area contributed by atoms with Gasteiger partial charge in [-0.15, -0.1) is 0 Å². The summed E-state index contributed by atoms with van der Waals surface area (Å²) in [6.45, 7) is 2.99. The van der Waals surface area contributed by atoms with Gasteiger partial charge in [0, 0.05) is 17.9 Å². The van der Waals surface area contributed by atoms with Crippen LogP contribution in [0.15, 0.2) is 52.4 Å². The van der Waals surface area contributed by atoms with Gasteiger partial charge in [-0.05, 0) is 30.7 Å². The van der Waals surface area contributed by atoms with E-state index >= 15 is 0 Å². The number of aromatic nitrogens is 2. The van der Waals surface area contributed by atoms with Crippen LogP contribution in [0.3, 0.4) is 0 Å². The zero-order valence-corrected chi connectivity index (χ0v) is 15.7. The lowest BCUT2D eigenvalue weighted by molar-refractivity contribution is 0.183. The molecule has 0 spiro atoms. The molecule has 0 unspecified atom stereocenters. The molecule has 3 rings (SSSR count). The first-order valence-electron chi connectivity index (χ1n) is 7.96. The topological polar surface area (TPSA) is 44.1 Å². The minimum absolute atomic E-state index is 0.0644. The van der Waals surface area contributed by atoms with E-state index in [9.17, 15) is 4.79 Å². The zero-order valence-electron chi connectivity index (χ0n) is 14.2. The van der Waals surface area contributed by atoms with Crippen molar-refractivity contribution in [1.29, 1.82) is 0 Å². The fourth-order valence-corrected chi connectivity index (χ4v) is 3.75. The average Bonchev–Trinajstić information content (AvgIpc) is 2.59. The van der Waals surface area contributed by atoms with Gasteiger partial charge in [-0.2, -0.15) is 0 Å². The molecular weight excluding hydrogens is 356 g/mol. The predicted octanol–water partition coefficient (Wildman–Crippen LogP) is 4.30. The van der Waals surface area contributed by atoms with Crippen LogP contribution in [0.2, 0.25) is 5.02 Å². The summed E-state index contributed by atoms with van der Waals surface area (Å²) < 4.78 is 6.83. The van der Waals surface area contributed by atoms with Crippen molar-refractivity contribution in [3.8, 4) is 0 Å². The molecule has 0 bridgehead atoms. The summed E-state index contributed by atoms with van der Waals surface area (Å²) in [5.41, 5.74) is 2.97. The van der Waals surface area contributed by atoms with Crippen molar-refractivity contribution in [2.75, 3.05) is 13.7 Å². The molecule has 2 aromatic carbocycles. The lowest BCUT2D eigenvalue weighted by atomic mass is 10.2. The maximum Gasteiger partial charge on any atom is 0.262 e. The SMILES string of the molecule is COCCn1c(SCc2cccc(C)c2)nc2cc(Cl)ccc2c1=O. The van der Waals surface area contributed by atoms with E-state index in [0.29, 0.717) is 34.2 Å². The highest BCUT2D eigenvalue weighted by molar-refractivity contribution is 7.98. The van der Waals surface area contributed by atoms with Crippen LogP contribution in [0, 0.1) is 6.92 Å². The van der Waals surface area contributed by atoms with Crippen molar-refractivity contribution in [3.05, 3.63) is 69.0 Å². The molecule has 6 heteroatoms. The van der Waals surface area contributed by atoms with Crippen LogP contribution in [0.4, 0.5) is 0 Å². The van der Waals surface area contributed by atoms with Crippen molar-refractivity contribution in [2.24, 2.45) is 0 Å². The summed E-state index contributed by atoms with van der Waals surface area (Å²) in [6, 6.07) is 13.5. The molecule has 1 heterocycles. The third kappa shape index (κ3) is 4.24. The Morgan fingerprint density at radius 3 is 2.84 bits per heavy atom. The molecule has 0 aliphatic heterocycles. The summed E-state index contributed by atoms with van der Waals surface area (Å²) in [6.07, 6.45) is 0. The smallest absolute Gasteiger partial charge is 0.262 e. The Hall–Kier alpha value is -1.82. The molecule has 130 valence electrons. The molecule has 0 amide bonds. The van der Waals surface area contributed by atoms with Crippen molar-refractivity contribution in [3.63, 3.8) is 0 Å². The number of ether oxygens (including phenoxy) is 1. The molecule has 0 radical (unpaired) electrons. The number of halogens is 1. The van der Waals surface area contributed by atoms with Crippen LogP contribution in [0.1, 0.15) is 11.1 Å². The lowest BCUT2D eigenvalue weighted by Gasteiger charge is -2.13. The normalized spacial score (nSPS) is 11.2. The van der Waals surface area contributed by atoms with Gasteiger partial charge in [0.05, 0.1) is 24.1 Å². The summed E-state index contributed by atoms with van der Waals surface area (Å²) in [7, 11) is 1.62. The Labute approximate surface area is 155 Å². The number of fused-ring (bicyclic) bond motifs is 1. The molecular formula is C19H19ClN2O2S. The zero-order chi connectivity index (χ0) is 17.8. The molecule has 4 nitrogen and oxygen atoms in total. The molecule has 3 aromatic rings. The fraction of sp³-hybridized carbons (Fsp3) is 0.263. The Morgan fingerprint density at radius 1 is 1.24 bits per heavy atom. The first-order chi connectivity index (χ1) is 12.1. The number of nitrogens with zero attached hydrogens (tertiary/aromatic N) is 2. The Balaban J connectivity index is 2.00. The number of hydrogen-bond acceptors (Lipinski definition) is 4. The monoisotopic (exact) mass is 374 g/mol. The number of aryl methyl sites for hydroxylation is 1. The maximum absolute atomic E-state index is 12.8. The van der Waals surface area contributed by atoms with Gasteiger partial charge >= 0.3 is 0 Å². The molecule has 0 fully saturated rings. The highest BCUT2D eigenvalue weighted by Crippen LogP contribution is 2.24. The largest absolute Gasteiger partial charge is 0.383 e. The van der Waals surface area contributed by atoms with Crippen LogP contribution >= 0.6 is 23.4 Å². The highest BCUT2D eigenvalue weighted by atomic mass is 35.5. The average molecular weight is 375 g/mol. The van der Waals surface area contributed by atoms with Gasteiger partial charge in [-0.25, -0.2) is 4.98 Å². The van der Waals surface area contributed by atoms with Gasteiger partial charge in [0.1, 0.15) is 0 Å². The van der Waals surface area contributed by atoms with Gasteiger partial charge < -0.3 is 4.74 Å². The minimum atomic E-state index is -0.0644. The fourth-order valence-electron chi connectivity index (χ4n) is 2.61. The molecule has 0 atom stereocenters. The van der Waals surface area contributed by atoms with Gasteiger partial charge in [0.25, 0.3) is 5.56 Å². The van der Waals surface area contributed by atoms with E-state index in [-0.39, 0.29) is 5.56 Å². The quantitative estimate of drug-likeness (QED) is 0.476. The van der Waals surface area contributed by atoms with Gasteiger partial charge in [0.15, 0.2) is 5.16 Å². The van der Waals surface area contributed by atoms with E-state index in [4.69, 9.17) is 16.3 Å². The van der Waals surface area contributed by atoms with Crippen LogP contribution < -0.4 is 5.56 Å². The number of methoxy groups -OCH3 is 1. The van der Waals surface area contributed by atoms with E-state index < -0.39 is 0 Å². The van der Waals surface area contributed by atoms with E-state index in [1.807, 2.05) is 6.07 Å². The molecule has 0 N–H and O–H groups in total. The van der Waals surface area contributed by atoms with Gasteiger partial charge in [0.2, 0.25) is 0 Å². The summed E-state index contributed by atoms with van der Waals surface area (Å²) in [5, 5.41) is 1.82. The van der Waals surface area contributed by atoms with Gasteiger partial charge in [-0.3, -0.25) is 9.36 Å². The number of rotatable bonds is 6. The minimum Gasteiger partial charge on any atom is -0.383 e. The van der Waals surface area contributed by atoms with E-state index in [2.05, 4.69) is 30.1 Å². The molecule has 1 aromatic heterocycles. The van der Waals surface area contributed by atoms with Crippen LogP contribution in [-0.4, -0.2) is 23.3 Å². The Morgan fingerprint density at radius 2 is 2.08 bits per heavy atom. The summed E-state index contributed by atoms with van der Waals surface area (Å²) in [5.74, 6) is 0.743. The Bertz CT molecular complexity index is 956. The first kappa shape index (κ1) is 18.0. The molecule has 0 aliphatic rings. The van der Waals surface area contributed by atoms with Crippen molar-refractivity contribution < 1.29 is 4.74 Å². The molecule has 25 heavy (non-hydrogen) atoms. The second kappa shape index (κ2) is 8.04. The first-order valence-corrected chi connectivity index (χ1v) is 9.32. The molecule has 0 saturated heterocycles. The summed E-state index contributed by atoms with van der Waals surface area (Å²) in [4.78, 5) is 17.5. The second-order valence-electron chi connectivity index (χ2n) is 5.78. The number of benzene rings is 2. The van der Waals surface area contributed by atoms with Crippen LogP contribution in [-0.2, 0) is 17.0 Å².